The van der Waals surface area contributed by atoms with Crippen LogP contribution in [0.15, 0.2) is 43.0 Å². The van der Waals surface area contributed by atoms with Crippen LogP contribution in [0.5, 0.6) is 0 Å². The van der Waals surface area contributed by atoms with Crippen LogP contribution in [0.2, 0.25) is 0 Å². The van der Waals surface area contributed by atoms with Crippen molar-refractivity contribution in [3.8, 4) is 0 Å². The minimum atomic E-state index is 0.462. The van der Waals surface area contributed by atoms with E-state index in [2.05, 4.69) is 75.0 Å². The molecule has 0 saturated carbocycles. The maximum absolute atomic E-state index is 4.44. The van der Waals surface area contributed by atoms with E-state index < -0.39 is 0 Å². The molecule has 3 aromatic rings. The van der Waals surface area contributed by atoms with Crippen LogP contribution in [0.25, 0.3) is 5.65 Å². The summed E-state index contributed by atoms with van der Waals surface area (Å²) >= 11 is 0. The number of hydrogen-bond donors (Lipinski definition) is 0. The minimum Gasteiger partial charge on any atom is -0.303 e. The largest absolute Gasteiger partial charge is 0.303 e. The van der Waals surface area contributed by atoms with Crippen LogP contribution >= 0.6 is 0 Å². The predicted molar refractivity (Wildman–Crippen MR) is 107 cm³/mol. The average Bonchev–Trinajstić information content (AvgIpc) is 3.31. The monoisotopic (exact) mass is 366 g/mol. The predicted octanol–water partition coefficient (Wildman–Crippen LogP) is 2.97. The molecule has 4 heterocycles. The molecule has 0 radical (unpaired) electrons. The van der Waals surface area contributed by atoms with Gasteiger partial charge in [-0.25, -0.2) is 4.98 Å². The Labute approximate surface area is 161 Å². The third-order valence-corrected chi connectivity index (χ3v) is 5.82. The molecule has 0 aliphatic carbocycles. The van der Waals surface area contributed by atoms with E-state index in [9.17, 15) is 0 Å². The zero-order valence-electron chi connectivity index (χ0n) is 16.6. The van der Waals surface area contributed by atoms with Crippen molar-refractivity contribution in [1.82, 2.24) is 29.0 Å². The first kappa shape index (κ1) is 18.2. The van der Waals surface area contributed by atoms with Crippen molar-refractivity contribution in [2.24, 2.45) is 13.0 Å². The lowest BCUT2D eigenvalue weighted by Gasteiger charge is -2.42. The second kappa shape index (κ2) is 7.82. The van der Waals surface area contributed by atoms with Crippen molar-refractivity contribution in [2.75, 3.05) is 26.7 Å². The fourth-order valence-electron chi connectivity index (χ4n) is 4.65. The molecule has 4 rings (SSSR count). The number of pyridine rings is 1. The molecule has 6 nitrogen and oxygen atoms in total. The first-order valence-electron chi connectivity index (χ1n) is 9.98. The third-order valence-electron chi connectivity index (χ3n) is 5.82. The quantitative estimate of drug-likeness (QED) is 0.673. The topological polar surface area (TPSA) is 41.6 Å². The highest BCUT2D eigenvalue weighted by molar-refractivity contribution is 5.39. The van der Waals surface area contributed by atoms with Crippen molar-refractivity contribution in [3.05, 3.63) is 54.2 Å². The molecule has 1 aliphatic heterocycles. The van der Waals surface area contributed by atoms with E-state index in [0.29, 0.717) is 12.0 Å². The molecule has 0 amide bonds. The Balaban J connectivity index is 1.51. The fourth-order valence-corrected chi connectivity index (χ4v) is 4.65. The Hall–Kier alpha value is -2.18. The van der Waals surface area contributed by atoms with E-state index in [4.69, 9.17) is 0 Å². The number of imidazole rings is 1. The van der Waals surface area contributed by atoms with Gasteiger partial charge in [-0.2, -0.15) is 5.10 Å². The van der Waals surface area contributed by atoms with E-state index in [1.54, 1.807) is 0 Å². The summed E-state index contributed by atoms with van der Waals surface area (Å²) in [5, 5.41) is 4.44. The molecule has 1 aliphatic rings. The summed E-state index contributed by atoms with van der Waals surface area (Å²) in [6, 6.07) is 6.82. The summed E-state index contributed by atoms with van der Waals surface area (Å²) in [6.45, 7) is 6.56. The van der Waals surface area contributed by atoms with Gasteiger partial charge in [-0.1, -0.05) is 13.0 Å². The highest BCUT2D eigenvalue weighted by Crippen LogP contribution is 2.36. The maximum Gasteiger partial charge on any atom is 0.136 e. The number of piperidine rings is 1. The zero-order chi connectivity index (χ0) is 18.8. The Morgan fingerprint density at radius 1 is 1.30 bits per heavy atom. The summed E-state index contributed by atoms with van der Waals surface area (Å²) in [5.74, 6) is 0.620. The second-order valence-electron chi connectivity index (χ2n) is 7.79. The smallest absolute Gasteiger partial charge is 0.136 e. The second-order valence-corrected chi connectivity index (χ2v) is 7.79. The molecule has 3 aromatic heterocycles. The van der Waals surface area contributed by atoms with Crippen LogP contribution in [0.3, 0.4) is 0 Å². The Kier molecular flexibility index (Phi) is 5.27. The minimum absolute atomic E-state index is 0.462. The number of nitrogens with zero attached hydrogens (tertiary/aromatic N) is 6. The number of aromatic nitrogens is 4. The van der Waals surface area contributed by atoms with Crippen molar-refractivity contribution in [1.29, 1.82) is 0 Å². The van der Waals surface area contributed by atoms with Gasteiger partial charge in [0.1, 0.15) is 5.65 Å². The van der Waals surface area contributed by atoms with Gasteiger partial charge < -0.3 is 9.30 Å². The Bertz CT molecular complexity index is 882. The average molecular weight is 367 g/mol. The first-order valence-corrected chi connectivity index (χ1v) is 9.98. The van der Waals surface area contributed by atoms with Crippen LogP contribution in [0.1, 0.15) is 37.1 Å². The van der Waals surface area contributed by atoms with Crippen molar-refractivity contribution >= 4 is 5.65 Å². The molecular formula is C21H30N6. The Morgan fingerprint density at radius 3 is 2.96 bits per heavy atom. The lowest BCUT2D eigenvalue weighted by molar-refractivity contribution is 0.0746. The first-order chi connectivity index (χ1) is 13.2. The molecule has 2 atom stereocenters. The maximum atomic E-state index is 4.44. The summed E-state index contributed by atoms with van der Waals surface area (Å²) in [5.41, 5.74) is 3.66. The number of fused-ring (bicyclic) bond motifs is 1. The van der Waals surface area contributed by atoms with Crippen LogP contribution in [-0.4, -0.2) is 55.6 Å². The normalized spacial score (nSPS) is 21.3. The van der Waals surface area contributed by atoms with E-state index in [1.807, 2.05) is 17.9 Å². The summed E-state index contributed by atoms with van der Waals surface area (Å²) in [7, 11) is 4.25. The molecule has 0 unspecified atom stereocenters. The molecule has 0 aromatic carbocycles. The molecule has 6 heteroatoms. The Morgan fingerprint density at radius 2 is 2.19 bits per heavy atom. The van der Waals surface area contributed by atoms with Gasteiger partial charge in [-0.15, -0.1) is 0 Å². The number of aryl methyl sites for hydroxylation is 1. The van der Waals surface area contributed by atoms with Crippen molar-refractivity contribution < 1.29 is 0 Å². The zero-order valence-corrected chi connectivity index (χ0v) is 16.6. The lowest BCUT2D eigenvalue weighted by Crippen LogP contribution is -2.42. The van der Waals surface area contributed by atoms with Crippen molar-refractivity contribution in [3.63, 3.8) is 0 Å². The molecule has 1 fully saturated rings. The van der Waals surface area contributed by atoms with Gasteiger partial charge in [0.15, 0.2) is 0 Å². The highest BCUT2D eigenvalue weighted by Gasteiger charge is 2.33. The van der Waals surface area contributed by atoms with Crippen molar-refractivity contribution in [2.45, 2.75) is 32.4 Å². The van der Waals surface area contributed by atoms with Gasteiger partial charge in [-0.05, 0) is 51.0 Å². The fraction of sp³-hybridized carbons (Fsp3) is 0.524. The van der Waals surface area contributed by atoms with Crippen LogP contribution in [0.4, 0.5) is 0 Å². The summed E-state index contributed by atoms with van der Waals surface area (Å²) in [4.78, 5) is 9.49. The SMILES string of the molecule is CCN1CCC[C@@H](CN(C)Cc2cccc3nccn23)[C@@H]1c1cnn(C)c1. The molecule has 0 N–H and O–H groups in total. The third kappa shape index (κ3) is 3.77. The van der Waals surface area contributed by atoms with Gasteiger partial charge in [-0.3, -0.25) is 9.58 Å². The lowest BCUT2D eigenvalue weighted by atomic mass is 9.85. The number of hydrogen-bond acceptors (Lipinski definition) is 4. The number of likely N-dealkylation sites (tertiary alicyclic amines) is 1. The number of rotatable bonds is 6. The van der Waals surface area contributed by atoms with Gasteiger partial charge in [0.05, 0.1) is 6.20 Å². The van der Waals surface area contributed by atoms with E-state index >= 15 is 0 Å². The van der Waals surface area contributed by atoms with Crippen LogP contribution < -0.4 is 0 Å². The van der Waals surface area contributed by atoms with Gasteiger partial charge in [0.2, 0.25) is 0 Å². The molecule has 0 bridgehead atoms. The summed E-state index contributed by atoms with van der Waals surface area (Å²) in [6.07, 6.45) is 10.7. The van der Waals surface area contributed by atoms with E-state index in [0.717, 1.165) is 25.3 Å². The van der Waals surface area contributed by atoms with Gasteiger partial charge >= 0.3 is 0 Å². The summed E-state index contributed by atoms with van der Waals surface area (Å²) < 4.78 is 4.12. The van der Waals surface area contributed by atoms with Gasteiger partial charge in [0.25, 0.3) is 0 Å². The van der Waals surface area contributed by atoms with Crippen LogP contribution in [0, 0.1) is 5.92 Å². The molecule has 1 saturated heterocycles. The van der Waals surface area contributed by atoms with Gasteiger partial charge in [0, 0.05) is 56.0 Å². The molecule has 27 heavy (non-hydrogen) atoms. The van der Waals surface area contributed by atoms with E-state index in [1.165, 1.54) is 30.6 Å². The standard InChI is InChI=1S/C21H30N6/c1-4-26-11-6-7-17(21(26)18-13-23-25(3)15-18)14-24(2)16-19-8-5-9-20-22-10-12-27(19)20/h5,8-10,12-13,15,17,21H,4,6-7,11,14,16H2,1-3H3/t17-,21+/m0/s1. The van der Waals surface area contributed by atoms with E-state index in [-0.39, 0.29) is 0 Å². The van der Waals surface area contributed by atoms with Crippen LogP contribution in [-0.2, 0) is 13.6 Å². The molecule has 0 spiro atoms. The molecule has 144 valence electrons. The highest BCUT2D eigenvalue weighted by atomic mass is 15.3. The molecular weight excluding hydrogens is 336 g/mol.